The van der Waals surface area contributed by atoms with Crippen LogP contribution in [0.4, 0.5) is 5.69 Å². The SMILES string of the molecule is CN(CCC(=O)O)S(=O)(=O)Nc1ccccc1C(=O)O. The van der Waals surface area contributed by atoms with Gasteiger partial charge >= 0.3 is 22.1 Å². The van der Waals surface area contributed by atoms with Gasteiger partial charge in [-0.3, -0.25) is 9.52 Å². The zero-order valence-electron chi connectivity index (χ0n) is 10.6. The first-order chi connectivity index (χ1) is 9.24. The quantitative estimate of drug-likeness (QED) is 0.671. The molecule has 1 aromatic carbocycles. The number of carboxylic acids is 2. The maximum atomic E-state index is 11.9. The normalized spacial score (nSPS) is 11.3. The smallest absolute Gasteiger partial charge is 0.337 e. The molecule has 0 aliphatic heterocycles. The molecular weight excluding hydrogens is 288 g/mol. The van der Waals surface area contributed by atoms with Gasteiger partial charge in [0.05, 0.1) is 17.7 Å². The molecule has 0 aromatic heterocycles. The van der Waals surface area contributed by atoms with E-state index in [0.29, 0.717) is 0 Å². The highest BCUT2D eigenvalue weighted by atomic mass is 32.2. The molecular formula is C11H14N2O6S. The topological polar surface area (TPSA) is 124 Å². The summed E-state index contributed by atoms with van der Waals surface area (Å²) < 4.78 is 26.8. The van der Waals surface area contributed by atoms with E-state index in [4.69, 9.17) is 10.2 Å². The van der Waals surface area contributed by atoms with Gasteiger partial charge in [0.15, 0.2) is 0 Å². The Morgan fingerprint density at radius 3 is 2.40 bits per heavy atom. The number of carbonyl (C=O) groups is 2. The highest BCUT2D eigenvalue weighted by molar-refractivity contribution is 7.90. The first kappa shape index (κ1) is 15.9. The van der Waals surface area contributed by atoms with Crippen molar-refractivity contribution in [3.8, 4) is 0 Å². The van der Waals surface area contributed by atoms with Crippen LogP contribution in [0.2, 0.25) is 0 Å². The summed E-state index contributed by atoms with van der Waals surface area (Å²) in [6.45, 7) is -0.222. The highest BCUT2D eigenvalue weighted by Crippen LogP contribution is 2.17. The first-order valence-electron chi connectivity index (χ1n) is 5.52. The molecule has 0 unspecified atom stereocenters. The van der Waals surface area contributed by atoms with Crippen LogP contribution >= 0.6 is 0 Å². The zero-order chi connectivity index (χ0) is 15.3. The summed E-state index contributed by atoms with van der Waals surface area (Å²) in [6.07, 6.45) is -0.349. The second-order valence-corrected chi connectivity index (χ2v) is 5.70. The number of anilines is 1. The minimum atomic E-state index is -4.01. The van der Waals surface area contributed by atoms with E-state index in [1.165, 1.54) is 31.3 Å². The van der Waals surface area contributed by atoms with Crippen molar-refractivity contribution in [1.29, 1.82) is 0 Å². The summed E-state index contributed by atoms with van der Waals surface area (Å²) in [5.74, 6) is -2.39. The molecule has 0 heterocycles. The minimum Gasteiger partial charge on any atom is -0.481 e. The van der Waals surface area contributed by atoms with Crippen LogP contribution in [0.25, 0.3) is 0 Å². The van der Waals surface area contributed by atoms with Gasteiger partial charge in [-0.25, -0.2) is 4.79 Å². The minimum absolute atomic E-state index is 0.0813. The van der Waals surface area contributed by atoms with E-state index in [1.54, 1.807) is 0 Å². The van der Waals surface area contributed by atoms with E-state index in [-0.39, 0.29) is 24.2 Å². The summed E-state index contributed by atoms with van der Waals surface area (Å²) in [6, 6.07) is 5.53. The van der Waals surface area contributed by atoms with Gasteiger partial charge in [0.1, 0.15) is 0 Å². The van der Waals surface area contributed by atoms with Gasteiger partial charge in [-0.05, 0) is 12.1 Å². The molecule has 0 atom stereocenters. The van der Waals surface area contributed by atoms with Crippen LogP contribution in [0, 0.1) is 0 Å². The lowest BCUT2D eigenvalue weighted by Crippen LogP contribution is -2.34. The Labute approximate surface area is 115 Å². The molecule has 0 radical (unpaired) electrons. The lowest BCUT2D eigenvalue weighted by Gasteiger charge is -2.18. The average molecular weight is 302 g/mol. The van der Waals surface area contributed by atoms with Crippen molar-refractivity contribution in [3.63, 3.8) is 0 Å². The summed E-state index contributed by atoms with van der Waals surface area (Å²) in [4.78, 5) is 21.4. The van der Waals surface area contributed by atoms with Gasteiger partial charge in [0, 0.05) is 13.6 Å². The predicted octanol–water partition coefficient (Wildman–Crippen LogP) is 0.448. The largest absolute Gasteiger partial charge is 0.481 e. The Morgan fingerprint density at radius 2 is 1.85 bits per heavy atom. The molecule has 0 saturated heterocycles. The molecule has 20 heavy (non-hydrogen) atoms. The number of rotatable bonds is 7. The number of nitrogens with one attached hydrogen (secondary N) is 1. The van der Waals surface area contributed by atoms with Gasteiger partial charge < -0.3 is 10.2 Å². The van der Waals surface area contributed by atoms with E-state index in [1.807, 2.05) is 0 Å². The fourth-order valence-electron chi connectivity index (χ4n) is 1.35. The first-order valence-corrected chi connectivity index (χ1v) is 6.96. The van der Waals surface area contributed by atoms with E-state index in [0.717, 1.165) is 4.31 Å². The Hall–Kier alpha value is -2.13. The van der Waals surface area contributed by atoms with E-state index >= 15 is 0 Å². The number of aromatic carboxylic acids is 1. The monoisotopic (exact) mass is 302 g/mol. The van der Waals surface area contributed by atoms with Crippen LogP contribution in [0.15, 0.2) is 24.3 Å². The lowest BCUT2D eigenvalue weighted by atomic mass is 10.2. The summed E-state index contributed by atoms with van der Waals surface area (Å²) in [5.41, 5.74) is -0.273. The lowest BCUT2D eigenvalue weighted by molar-refractivity contribution is -0.137. The Kier molecular flexibility index (Phi) is 5.06. The van der Waals surface area contributed by atoms with Crippen molar-refractivity contribution < 1.29 is 28.2 Å². The third-order valence-corrected chi connectivity index (χ3v) is 3.93. The fraction of sp³-hybridized carbons (Fsp3) is 0.273. The number of benzene rings is 1. The van der Waals surface area contributed by atoms with Crippen LogP contribution in [-0.4, -0.2) is 48.5 Å². The van der Waals surface area contributed by atoms with Crippen molar-refractivity contribution in [2.45, 2.75) is 6.42 Å². The van der Waals surface area contributed by atoms with Crippen LogP contribution in [-0.2, 0) is 15.0 Å². The van der Waals surface area contributed by atoms with Gasteiger partial charge in [-0.2, -0.15) is 12.7 Å². The summed E-state index contributed by atoms with van der Waals surface area (Å²) in [7, 11) is -2.81. The average Bonchev–Trinajstić information content (AvgIpc) is 2.35. The summed E-state index contributed by atoms with van der Waals surface area (Å²) >= 11 is 0. The molecule has 9 heteroatoms. The number of hydrogen-bond donors (Lipinski definition) is 3. The van der Waals surface area contributed by atoms with Crippen molar-refractivity contribution in [3.05, 3.63) is 29.8 Å². The highest BCUT2D eigenvalue weighted by Gasteiger charge is 2.20. The fourth-order valence-corrected chi connectivity index (χ4v) is 2.29. The van der Waals surface area contributed by atoms with E-state index in [9.17, 15) is 18.0 Å². The molecule has 3 N–H and O–H groups in total. The van der Waals surface area contributed by atoms with Crippen LogP contribution in [0.1, 0.15) is 16.8 Å². The molecule has 0 amide bonds. The van der Waals surface area contributed by atoms with Crippen LogP contribution in [0.3, 0.4) is 0 Å². The third kappa shape index (κ3) is 4.21. The number of aliphatic carboxylic acids is 1. The molecule has 0 aliphatic rings. The van der Waals surface area contributed by atoms with Gasteiger partial charge in [0.25, 0.3) is 0 Å². The Bertz CT molecular complexity index is 613. The molecule has 0 spiro atoms. The second-order valence-electron chi connectivity index (χ2n) is 3.92. The van der Waals surface area contributed by atoms with Crippen molar-refractivity contribution >= 4 is 27.8 Å². The maximum Gasteiger partial charge on any atom is 0.337 e. The standard InChI is InChI=1S/C11H14N2O6S/c1-13(7-6-10(14)15)20(18,19)12-9-5-3-2-4-8(9)11(16)17/h2-5,12H,6-7H2,1H3,(H,14,15)(H,16,17). The van der Waals surface area contributed by atoms with Gasteiger partial charge in [0.2, 0.25) is 0 Å². The Morgan fingerprint density at radius 1 is 1.25 bits per heavy atom. The van der Waals surface area contributed by atoms with E-state index < -0.39 is 22.1 Å². The number of nitrogens with zero attached hydrogens (tertiary/aromatic N) is 1. The molecule has 1 rings (SSSR count). The van der Waals surface area contributed by atoms with Crippen molar-refractivity contribution in [2.75, 3.05) is 18.3 Å². The van der Waals surface area contributed by atoms with Crippen molar-refractivity contribution in [1.82, 2.24) is 4.31 Å². The second kappa shape index (κ2) is 6.35. The van der Waals surface area contributed by atoms with E-state index in [2.05, 4.69) is 4.72 Å². The molecule has 0 bridgehead atoms. The molecule has 1 aromatic rings. The number of hydrogen-bond acceptors (Lipinski definition) is 4. The third-order valence-electron chi connectivity index (χ3n) is 2.45. The number of para-hydroxylation sites is 1. The zero-order valence-corrected chi connectivity index (χ0v) is 11.4. The predicted molar refractivity (Wildman–Crippen MR) is 70.8 cm³/mol. The molecule has 0 saturated carbocycles. The molecule has 110 valence electrons. The maximum absolute atomic E-state index is 11.9. The Balaban J connectivity index is 2.91. The van der Waals surface area contributed by atoms with Crippen molar-refractivity contribution in [2.24, 2.45) is 0 Å². The molecule has 0 fully saturated rings. The summed E-state index contributed by atoms with van der Waals surface area (Å²) in [5, 5.41) is 17.5. The van der Waals surface area contributed by atoms with Gasteiger partial charge in [-0.1, -0.05) is 12.1 Å². The van der Waals surface area contributed by atoms with Gasteiger partial charge in [-0.15, -0.1) is 0 Å². The molecule has 8 nitrogen and oxygen atoms in total. The van der Waals surface area contributed by atoms with Crippen LogP contribution in [0.5, 0.6) is 0 Å². The molecule has 0 aliphatic carbocycles. The van der Waals surface area contributed by atoms with Crippen LogP contribution < -0.4 is 4.72 Å². The number of carboxylic acid groups (broad SMARTS) is 2.